The van der Waals surface area contributed by atoms with Crippen LogP contribution in [0, 0.1) is 5.92 Å². The largest absolute Gasteiger partial charge is 0.408 e. The number of aromatic nitrogens is 2. The molecule has 8 nitrogen and oxygen atoms in total. The molecule has 0 saturated heterocycles. The first-order valence-electron chi connectivity index (χ1n) is 8.12. The van der Waals surface area contributed by atoms with E-state index in [0.29, 0.717) is 12.8 Å². The minimum Gasteiger partial charge on any atom is -0.408 e. The van der Waals surface area contributed by atoms with E-state index in [2.05, 4.69) is 10.2 Å². The van der Waals surface area contributed by atoms with Crippen LogP contribution in [-0.2, 0) is 9.63 Å². The zero-order valence-electron chi connectivity index (χ0n) is 15.5. The number of rotatable bonds is 12. The minimum atomic E-state index is -1.73. The van der Waals surface area contributed by atoms with Gasteiger partial charge in [0.25, 0.3) is 11.1 Å². The van der Waals surface area contributed by atoms with Crippen molar-refractivity contribution in [3.63, 3.8) is 0 Å². The molecular formula is C15H23Cl3N4O4S. The number of hydrogen-bond donors (Lipinski definition) is 0. The van der Waals surface area contributed by atoms with Crippen molar-refractivity contribution in [2.24, 2.45) is 5.92 Å². The second kappa shape index (κ2) is 11.4. The van der Waals surface area contributed by atoms with Gasteiger partial charge in [0.1, 0.15) is 12.6 Å². The molecule has 1 aromatic rings. The molecule has 0 radical (unpaired) electrons. The van der Waals surface area contributed by atoms with Crippen molar-refractivity contribution in [3.8, 4) is 0 Å². The van der Waals surface area contributed by atoms with Crippen molar-refractivity contribution in [1.82, 2.24) is 20.2 Å². The van der Waals surface area contributed by atoms with Crippen LogP contribution in [-0.4, -0.2) is 75.2 Å². The highest BCUT2D eigenvalue weighted by molar-refractivity contribution is 7.99. The molecule has 0 aromatic carbocycles. The monoisotopic (exact) mass is 460 g/mol. The third-order valence-corrected chi connectivity index (χ3v) is 4.29. The average Bonchev–Trinajstić information content (AvgIpc) is 3.00. The van der Waals surface area contributed by atoms with E-state index in [1.54, 1.807) is 0 Å². The number of thioether (sulfide) groups is 1. The molecule has 0 aliphatic rings. The molecule has 0 aliphatic heterocycles. The predicted octanol–water partition coefficient (Wildman–Crippen LogP) is 3.08. The SMILES string of the molecule is CC(C)CC(C(=O)c1nnc(SCCN(C)C)o1)N(C=O)OCC(Cl)(Cl)Cl. The zero-order chi connectivity index (χ0) is 20.6. The van der Waals surface area contributed by atoms with Gasteiger partial charge in [-0.1, -0.05) is 60.4 Å². The van der Waals surface area contributed by atoms with E-state index in [1.165, 1.54) is 11.8 Å². The summed E-state index contributed by atoms with van der Waals surface area (Å²) in [5.41, 5.74) is 0. The van der Waals surface area contributed by atoms with Crippen LogP contribution in [0.25, 0.3) is 0 Å². The molecule has 0 bridgehead atoms. The van der Waals surface area contributed by atoms with Gasteiger partial charge in [-0.05, 0) is 26.4 Å². The number of nitrogens with zero attached hydrogens (tertiary/aromatic N) is 4. The van der Waals surface area contributed by atoms with Gasteiger partial charge in [-0.3, -0.25) is 14.4 Å². The molecule has 0 N–H and O–H groups in total. The van der Waals surface area contributed by atoms with Crippen molar-refractivity contribution < 1.29 is 18.8 Å². The first-order chi connectivity index (χ1) is 12.5. The minimum absolute atomic E-state index is 0.0784. The molecular weight excluding hydrogens is 439 g/mol. The molecule has 0 saturated carbocycles. The lowest BCUT2D eigenvalue weighted by molar-refractivity contribution is -0.181. The lowest BCUT2D eigenvalue weighted by Gasteiger charge is -2.27. The number of ketones is 1. The van der Waals surface area contributed by atoms with Crippen LogP contribution in [0.4, 0.5) is 0 Å². The Labute approximate surface area is 177 Å². The van der Waals surface area contributed by atoms with Crippen molar-refractivity contribution >= 4 is 58.8 Å². The van der Waals surface area contributed by atoms with Crippen molar-refractivity contribution in [2.75, 3.05) is 33.0 Å². The molecule has 12 heteroatoms. The molecule has 1 heterocycles. The Bertz CT molecular complexity index is 610. The first-order valence-corrected chi connectivity index (χ1v) is 10.2. The quantitative estimate of drug-likeness (QED) is 0.154. The number of carbonyl (C=O) groups excluding carboxylic acids is 2. The third kappa shape index (κ3) is 9.45. The number of amides is 1. The fraction of sp³-hybridized carbons (Fsp3) is 0.733. The highest BCUT2D eigenvalue weighted by Crippen LogP contribution is 2.27. The first kappa shape index (κ1) is 24.5. The Morgan fingerprint density at radius 3 is 2.52 bits per heavy atom. The fourth-order valence-corrected chi connectivity index (χ4v) is 2.95. The summed E-state index contributed by atoms with van der Waals surface area (Å²) >= 11 is 18.3. The number of hydrogen-bond acceptors (Lipinski definition) is 8. The highest BCUT2D eigenvalue weighted by Gasteiger charge is 2.33. The maximum absolute atomic E-state index is 12.8. The van der Waals surface area contributed by atoms with Gasteiger partial charge in [0.15, 0.2) is 0 Å². The van der Waals surface area contributed by atoms with Crippen LogP contribution in [0.3, 0.4) is 0 Å². The summed E-state index contributed by atoms with van der Waals surface area (Å²) in [7, 11) is 3.90. The molecule has 1 atom stereocenters. The van der Waals surface area contributed by atoms with Gasteiger partial charge >= 0.3 is 0 Å². The molecule has 27 heavy (non-hydrogen) atoms. The topological polar surface area (TPSA) is 88.8 Å². The lowest BCUT2D eigenvalue weighted by Crippen LogP contribution is -2.43. The van der Waals surface area contributed by atoms with Crippen molar-refractivity contribution in [1.29, 1.82) is 0 Å². The van der Waals surface area contributed by atoms with E-state index in [0.717, 1.165) is 17.4 Å². The second-order valence-corrected chi connectivity index (χ2v) is 9.95. The summed E-state index contributed by atoms with van der Waals surface area (Å²) in [6, 6.07) is -0.977. The van der Waals surface area contributed by atoms with Gasteiger partial charge in [0, 0.05) is 12.3 Å². The summed E-state index contributed by atoms with van der Waals surface area (Å²) in [5.74, 6) is 0.0736. The number of alkyl halides is 3. The molecule has 1 rings (SSSR count). The van der Waals surface area contributed by atoms with E-state index in [-0.39, 0.29) is 17.0 Å². The number of hydroxylamine groups is 2. The Morgan fingerprint density at radius 1 is 1.33 bits per heavy atom. The number of halogens is 3. The van der Waals surface area contributed by atoms with Gasteiger partial charge < -0.3 is 9.32 Å². The van der Waals surface area contributed by atoms with E-state index in [4.69, 9.17) is 44.1 Å². The van der Waals surface area contributed by atoms with E-state index in [9.17, 15) is 9.59 Å². The maximum Gasteiger partial charge on any atom is 0.287 e. The molecule has 0 aliphatic carbocycles. The normalized spacial score (nSPS) is 13.2. The molecule has 1 aromatic heterocycles. The average molecular weight is 462 g/mol. The summed E-state index contributed by atoms with van der Waals surface area (Å²) in [6.45, 7) is 4.22. The maximum atomic E-state index is 12.8. The lowest BCUT2D eigenvalue weighted by atomic mass is 10.00. The van der Waals surface area contributed by atoms with Crippen LogP contribution in [0.1, 0.15) is 31.0 Å². The molecule has 154 valence electrons. The predicted molar refractivity (Wildman–Crippen MR) is 105 cm³/mol. The summed E-state index contributed by atoms with van der Waals surface area (Å²) in [4.78, 5) is 31.5. The fourth-order valence-electron chi connectivity index (χ4n) is 1.94. The van der Waals surface area contributed by atoms with Crippen molar-refractivity contribution in [2.45, 2.75) is 35.3 Å². The van der Waals surface area contributed by atoms with Crippen LogP contribution in [0.15, 0.2) is 9.64 Å². The van der Waals surface area contributed by atoms with Gasteiger partial charge in [0.2, 0.25) is 16.0 Å². The van der Waals surface area contributed by atoms with E-state index in [1.807, 2.05) is 32.8 Å². The van der Waals surface area contributed by atoms with Crippen LogP contribution in [0.5, 0.6) is 0 Å². The van der Waals surface area contributed by atoms with Gasteiger partial charge in [-0.25, -0.2) is 5.06 Å². The highest BCUT2D eigenvalue weighted by atomic mass is 35.6. The molecule has 1 unspecified atom stereocenters. The van der Waals surface area contributed by atoms with Gasteiger partial charge in [-0.15, -0.1) is 10.2 Å². The smallest absolute Gasteiger partial charge is 0.287 e. The summed E-state index contributed by atoms with van der Waals surface area (Å²) in [5, 5.41) is 8.76. The Kier molecular flexibility index (Phi) is 10.4. The second-order valence-electron chi connectivity index (χ2n) is 6.39. The standard InChI is InChI=1S/C15H23Cl3N4O4S/c1-10(2)7-11(22(9-23)25-8-15(16,17)18)12(24)13-19-20-14(26-13)27-6-5-21(3)4/h9-11H,5-8H2,1-4H3. The van der Waals surface area contributed by atoms with Gasteiger partial charge in [-0.2, -0.15) is 0 Å². The number of Topliss-reactive ketones (excluding diaryl/α,β-unsaturated/α-hetero) is 1. The Morgan fingerprint density at radius 2 is 2.00 bits per heavy atom. The van der Waals surface area contributed by atoms with Crippen LogP contribution in [0.2, 0.25) is 0 Å². The Balaban J connectivity index is 2.87. The third-order valence-electron chi connectivity index (χ3n) is 3.17. The molecule has 0 spiro atoms. The zero-order valence-corrected chi connectivity index (χ0v) is 18.6. The summed E-state index contributed by atoms with van der Waals surface area (Å²) < 4.78 is 3.70. The van der Waals surface area contributed by atoms with Gasteiger partial charge in [0.05, 0.1) is 0 Å². The van der Waals surface area contributed by atoms with E-state index >= 15 is 0 Å². The Hall–Kier alpha value is -0.580. The van der Waals surface area contributed by atoms with E-state index < -0.39 is 22.2 Å². The van der Waals surface area contributed by atoms with Crippen LogP contribution < -0.4 is 0 Å². The van der Waals surface area contributed by atoms with Crippen LogP contribution >= 0.6 is 46.6 Å². The molecule has 1 amide bonds. The summed E-state index contributed by atoms with van der Waals surface area (Å²) in [6.07, 6.45) is 0.674. The molecule has 0 fully saturated rings. The van der Waals surface area contributed by atoms with Crippen molar-refractivity contribution in [3.05, 3.63) is 5.89 Å². The number of carbonyl (C=O) groups is 2.